The number of rotatable bonds is 4. The van der Waals surface area contributed by atoms with Crippen LogP contribution in [0.3, 0.4) is 0 Å². The van der Waals surface area contributed by atoms with E-state index < -0.39 is 5.97 Å². The number of carbonyl (C=O) groups is 1. The van der Waals surface area contributed by atoms with Gasteiger partial charge in [0, 0.05) is 29.9 Å². The minimum Gasteiger partial charge on any atom is -0.478 e. The van der Waals surface area contributed by atoms with Gasteiger partial charge in [0.2, 0.25) is 0 Å². The van der Waals surface area contributed by atoms with Gasteiger partial charge in [-0.05, 0) is 36.1 Å². The van der Waals surface area contributed by atoms with Gasteiger partial charge in [0.1, 0.15) is 0 Å². The second-order valence-corrected chi connectivity index (χ2v) is 5.32. The van der Waals surface area contributed by atoms with E-state index in [9.17, 15) is 4.79 Å². The SMILES string of the molecule is CCC1CCN(c2cc(Cl)ccc2/C=C/C(=O)O)C1. The zero-order valence-electron chi connectivity index (χ0n) is 11.0. The molecule has 1 aromatic carbocycles. The fraction of sp³-hybridized carbons (Fsp3) is 0.400. The number of carboxylic acid groups (broad SMARTS) is 1. The average Bonchev–Trinajstić information content (AvgIpc) is 2.85. The number of nitrogens with zero attached hydrogens (tertiary/aromatic N) is 1. The van der Waals surface area contributed by atoms with Gasteiger partial charge in [-0.2, -0.15) is 0 Å². The fourth-order valence-electron chi connectivity index (χ4n) is 2.48. The van der Waals surface area contributed by atoms with E-state index in [2.05, 4.69) is 11.8 Å². The summed E-state index contributed by atoms with van der Waals surface area (Å²) in [5.41, 5.74) is 1.93. The molecular weight excluding hydrogens is 262 g/mol. The van der Waals surface area contributed by atoms with E-state index in [1.165, 1.54) is 18.9 Å². The van der Waals surface area contributed by atoms with Crippen molar-refractivity contribution in [1.29, 1.82) is 0 Å². The topological polar surface area (TPSA) is 40.5 Å². The van der Waals surface area contributed by atoms with Crippen molar-refractivity contribution < 1.29 is 9.90 Å². The molecule has 1 N–H and O–H groups in total. The van der Waals surface area contributed by atoms with Crippen LogP contribution >= 0.6 is 11.6 Å². The second-order valence-electron chi connectivity index (χ2n) is 4.88. The standard InChI is InChI=1S/C15H18ClNO2/c1-2-11-7-8-17(10-11)14-9-13(16)5-3-12(14)4-6-15(18)19/h3-6,9,11H,2,7-8,10H2,1H3,(H,18,19)/b6-4+. The van der Waals surface area contributed by atoms with Crippen LogP contribution in [0.5, 0.6) is 0 Å². The Labute approximate surface area is 118 Å². The van der Waals surface area contributed by atoms with Crippen molar-refractivity contribution in [2.24, 2.45) is 5.92 Å². The molecule has 0 aromatic heterocycles. The summed E-state index contributed by atoms with van der Waals surface area (Å²) in [6.45, 7) is 4.23. The summed E-state index contributed by atoms with van der Waals surface area (Å²) in [5.74, 6) is -0.218. The maximum absolute atomic E-state index is 10.6. The van der Waals surface area contributed by atoms with Crippen molar-refractivity contribution in [1.82, 2.24) is 0 Å². The van der Waals surface area contributed by atoms with Crippen molar-refractivity contribution in [3.63, 3.8) is 0 Å². The number of halogens is 1. The van der Waals surface area contributed by atoms with E-state index in [4.69, 9.17) is 16.7 Å². The summed E-state index contributed by atoms with van der Waals surface area (Å²) >= 11 is 6.06. The van der Waals surface area contributed by atoms with Gasteiger partial charge in [0.15, 0.2) is 0 Å². The summed E-state index contributed by atoms with van der Waals surface area (Å²) < 4.78 is 0. The lowest BCUT2D eigenvalue weighted by atomic mass is 10.1. The van der Waals surface area contributed by atoms with Crippen molar-refractivity contribution in [2.45, 2.75) is 19.8 Å². The molecule has 2 rings (SSSR count). The van der Waals surface area contributed by atoms with Crippen molar-refractivity contribution in [3.8, 4) is 0 Å². The Morgan fingerprint density at radius 1 is 1.58 bits per heavy atom. The number of carboxylic acids is 1. The van der Waals surface area contributed by atoms with Crippen LogP contribution in [0.25, 0.3) is 6.08 Å². The van der Waals surface area contributed by atoms with Crippen LogP contribution in [-0.4, -0.2) is 24.2 Å². The molecule has 1 aromatic rings. The Morgan fingerprint density at radius 3 is 3.00 bits per heavy atom. The summed E-state index contributed by atoms with van der Waals surface area (Å²) in [4.78, 5) is 12.9. The number of hydrogen-bond acceptors (Lipinski definition) is 2. The first-order valence-electron chi connectivity index (χ1n) is 6.55. The largest absolute Gasteiger partial charge is 0.478 e. The molecule has 1 unspecified atom stereocenters. The Kier molecular flexibility index (Phi) is 4.48. The maximum atomic E-state index is 10.6. The van der Waals surface area contributed by atoms with E-state index in [-0.39, 0.29) is 0 Å². The maximum Gasteiger partial charge on any atom is 0.328 e. The summed E-state index contributed by atoms with van der Waals surface area (Å²) in [6, 6.07) is 5.58. The predicted octanol–water partition coefficient (Wildman–Crippen LogP) is 3.67. The Balaban J connectivity index is 2.27. The average molecular weight is 280 g/mol. The third-order valence-electron chi connectivity index (χ3n) is 3.60. The highest BCUT2D eigenvalue weighted by molar-refractivity contribution is 6.31. The van der Waals surface area contributed by atoms with Crippen molar-refractivity contribution in [3.05, 3.63) is 34.9 Å². The molecule has 0 bridgehead atoms. The van der Waals surface area contributed by atoms with Crippen LogP contribution in [0.15, 0.2) is 24.3 Å². The van der Waals surface area contributed by atoms with Gasteiger partial charge in [0.25, 0.3) is 0 Å². The molecule has 0 amide bonds. The molecule has 0 spiro atoms. The molecule has 0 saturated carbocycles. The minimum absolute atomic E-state index is 0.683. The van der Waals surface area contributed by atoms with E-state index in [1.54, 1.807) is 12.1 Å². The summed E-state index contributed by atoms with van der Waals surface area (Å²) in [5, 5.41) is 9.42. The predicted molar refractivity (Wildman–Crippen MR) is 78.7 cm³/mol. The van der Waals surface area contributed by atoms with Gasteiger partial charge in [-0.25, -0.2) is 4.79 Å². The fourth-order valence-corrected chi connectivity index (χ4v) is 2.64. The Morgan fingerprint density at radius 2 is 2.37 bits per heavy atom. The van der Waals surface area contributed by atoms with Gasteiger partial charge in [-0.15, -0.1) is 0 Å². The molecule has 3 nitrogen and oxygen atoms in total. The zero-order chi connectivity index (χ0) is 13.8. The second kappa shape index (κ2) is 6.11. The van der Waals surface area contributed by atoms with Gasteiger partial charge < -0.3 is 10.0 Å². The van der Waals surface area contributed by atoms with Crippen LogP contribution in [0, 0.1) is 5.92 Å². The van der Waals surface area contributed by atoms with Crippen molar-refractivity contribution in [2.75, 3.05) is 18.0 Å². The van der Waals surface area contributed by atoms with Crippen LogP contribution < -0.4 is 4.90 Å². The third-order valence-corrected chi connectivity index (χ3v) is 3.84. The quantitative estimate of drug-likeness (QED) is 0.855. The molecule has 1 fully saturated rings. The molecule has 1 heterocycles. The highest BCUT2D eigenvalue weighted by Crippen LogP contribution is 2.31. The number of aliphatic carboxylic acids is 1. The molecule has 102 valence electrons. The summed E-state index contributed by atoms with van der Waals surface area (Å²) in [7, 11) is 0. The first-order chi connectivity index (χ1) is 9.10. The van der Waals surface area contributed by atoms with E-state index in [0.29, 0.717) is 5.02 Å². The molecule has 1 saturated heterocycles. The third kappa shape index (κ3) is 3.51. The number of benzene rings is 1. The highest BCUT2D eigenvalue weighted by atomic mass is 35.5. The molecule has 1 atom stereocenters. The first kappa shape index (κ1) is 13.9. The lowest BCUT2D eigenvalue weighted by molar-refractivity contribution is -0.131. The van der Waals surface area contributed by atoms with Crippen molar-refractivity contribution >= 4 is 29.3 Å². The van der Waals surface area contributed by atoms with Gasteiger partial charge >= 0.3 is 5.97 Å². The lowest BCUT2D eigenvalue weighted by Gasteiger charge is -2.21. The van der Waals surface area contributed by atoms with E-state index in [1.807, 2.05) is 12.1 Å². The molecule has 0 aliphatic carbocycles. The molecule has 0 radical (unpaired) electrons. The molecule has 4 heteroatoms. The first-order valence-corrected chi connectivity index (χ1v) is 6.93. The molecule has 1 aliphatic rings. The van der Waals surface area contributed by atoms with Gasteiger partial charge in [0.05, 0.1) is 0 Å². The smallest absolute Gasteiger partial charge is 0.328 e. The monoisotopic (exact) mass is 279 g/mol. The lowest BCUT2D eigenvalue weighted by Crippen LogP contribution is -2.20. The molecule has 1 aliphatic heterocycles. The zero-order valence-corrected chi connectivity index (χ0v) is 11.7. The van der Waals surface area contributed by atoms with Crippen LogP contribution in [0.4, 0.5) is 5.69 Å². The van der Waals surface area contributed by atoms with E-state index in [0.717, 1.165) is 30.3 Å². The Hall–Kier alpha value is -1.48. The highest BCUT2D eigenvalue weighted by Gasteiger charge is 2.22. The van der Waals surface area contributed by atoms with Crippen LogP contribution in [0.1, 0.15) is 25.3 Å². The normalized spacial score (nSPS) is 19.3. The van der Waals surface area contributed by atoms with Gasteiger partial charge in [-0.1, -0.05) is 31.0 Å². The number of anilines is 1. The van der Waals surface area contributed by atoms with Crippen LogP contribution in [0.2, 0.25) is 5.02 Å². The number of hydrogen-bond donors (Lipinski definition) is 1. The molecule has 19 heavy (non-hydrogen) atoms. The van der Waals surface area contributed by atoms with E-state index >= 15 is 0 Å². The Bertz CT molecular complexity index is 499. The van der Waals surface area contributed by atoms with Gasteiger partial charge in [-0.3, -0.25) is 0 Å². The van der Waals surface area contributed by atoms with Crippen LogP contribution in [-0.2, 0) is 4.79 Å². The molecular formula is C15H18ClNO2. The summed E-state index contributed by atoms with van der Waals surface area (Å²) in [6.07, 6.45) is 5.16. The minimum atomic E-state index is -0.936.